The van der Waals surface area contributed by atoms with Gasteiger partial charge in [-0.1, -0.05) is 23.7 Å². The van der Waals surface area contributed by atoms with Crippen LogP contribution in [-0.4, -0.2) is 17.4 Å². The Hall–Kier alpha value is -2.07. The van der Waals surface area contributed by atoms with Gasteiger partial charge >= 0.3 is 0 Å². The molecule has 0 fully saturated rings. The van der Waals surface area contributed by atoms with Crippen LogP contribution in [0.1, 0.15) is 18.1 Å². The van der Waals surface area contributed by atoms with Crippen LogP contribution >= 0.6 is 11.6 Å². The second-order valence-corrected chi connectivity index (χ2v) is 4.87. The molecule has 0 aliphatic heterocycles. The van der Waals surface area contributed by atoms with Crippen molar-refractivity contribution in [3.8, 4) is 0 Å². The molecular formula is C15H17ClN4. The van der Waals surface area contributed by atoms with E-state index >= 15 is 0 Å². The Bertz CT molecular complexity index is 640. The summed E-state index contributed by atoms with van der Waals surface area (Å²) in [5.41, 5.74) is 8.23. The van der Waals surface area contributed by atoms with Crippen LogP contribution in [0.15, 0.2) is 36.5 Å². The summed E-state index contributed by atoms with van der Waals surface area (Å²) in [5, 5.41) is 7.96. The standard InChI is InChI=1S/C15H17ClN4/c1-3-20(11-6-4-5-10(2)9-11)15-13(16)12(14(17)18)7-8-19-15/h4-9H,3H2,1-2H3,(H3,17,18). The number of nitrogen functional groups attached to an aromatic ring is 1. The number of aromatic nitrogens is 1. The van der Waals surface area contributed by atoms with Crippen LogP contribution in [0.3, 0.4) is 0 Å². The van der Waals surface area contributed by atoms with Crippen LogP contribution < -0.4 is 10.6 Å². The van der Waals surface area contributed by atoms with Crippen molar-refractivity contribution in [2.45, 2.75) is 13.8 Å². The van der Waals surface area contributed by atoms with E-state index in [1.165, 1.54) is 5.56 Å². The molecule has 0 amide bonds. The first kappa shape index (κ1) is 14.3. The van der Waals surface area contributed by atoms with Crippen molar-refractivity contribution >= 4 is 28.9 Å². The second-order valence-electron chi connectivity index (χ2n) is 4.49. The highest BCUT2D eigenvalue weighted by Crippen LogP contribution is 2.32. The summed E-state index contributed by atoms with van der Waals surface area (Å²) in [6.07, 6.45) is 1.62. The molecule has 0 atom stereocenters. The van der Waals surface area contributed by atoms with Gasteiger partial charge in [0.2, 0.25) is 0 Å². The quantitative estimate of drug-likeness (QED) is 0.668. The van der Waals surface area contributed by atoms with Gasteiger partial charge in [0.1, 0.15) is 5.84 Å². The normalized spacial score (nSPS) is 10.3. The van der Waals surface area contributed by atoms with E-state index in [4.69, 9.17) is 22.7 Å². The molecule has 0 aliphatic carbocycles. The number of nitrogens with one attached hydrogen (secondary N) is 1. The number of hydrogen-bond acceptors (Lipinski definition) is 3. The highest BCUT2D eigenvalue weighted by molar-refractivity contribution is 6.36. The van der Waals surface area contributed by atoms with Crippen LogP contribution in [0.4, 0.5) is 11.5 Å². The van der Waals surface area contributed by atoms with Crippen LogP contribution in [0.25, 0.3) is 0 Å². The summed E-state index contributed by atoms with van der Waals surface area (Å²) in [5.74, 6) is 0.561. The molecule has 0 saturated heterocycles. The van der Waals surface area contributed by atoms with E-state index in [-0.39, 0.29) is 5.84 Å². The number of benzene rings is 1. The maximum absolute atomic E-state index is 7.56. The SMILES string of the molecule is CCN(c1cccc(C)c1)c1nccc(C(=N)N)c1Cl. The summed E-state index contributed by atoms with van der Waals surface area (Å²) in [6, 6.07) is 9.77. The topological polar surface area (TPSA) is 66.0 Å². The van der Waals surface area contributed by atoms with Crippen molar-refractivity contribution in [1.82, 2.24) is 4.98 Å². The molecular weight excluding hydrogens is 272 g/mol. The van der Waals surface area contributed by atoms with Gasteiger partial charge in [-0.3, -0.25) is 5.41 Å². The van der Waals surface area contributed by atoms with Gasteiger partial charge in [0.15, 0.2) is 5.82 Å². The van der Waals surface area contributed by atoms with Crippen LogP contribution in [-0.2, 0) is 0 Å². The first-order valence-corrected chi connectivity index (χ1v) is 6.75. The molecule has 0 aliphatic rings. The molecule has 0 bridgehead atoms. The monoisotopic (exact) mass is 288 g/mol. The minimum Gasteiger partial charge on any atom is -0.384 e. The lowest BCUT2D eigenvalue weighted by Crippen LogP contribution is -2.20. The van der Waals surface area contributed by atoms with Gasteiger partial charge in [0.25, 0.3) is 0 Å². The van der Waals surface area contributed by atoms with E-state index in [1.807, 2.05) is 36.9 Å². The number of nitrogens with zero attached hydrogens (tertiary/aromatic N) is 2. The number of pyridine rings is 1. The van der Waals surface area contributed by atoms with Crippen LogP contribution in [0.2, 0.25) is 5.02 Å². The highest BCUT2D eigenvalue weighted by Gasteiger charge is 2.16. The smallest absolute Gasteiger partial charge is 0.152 e. The Morgan fingerprint density at radius 1 is 1.40 bits per heavy atom. The third-order valence-corrected chi connectivity index (χ3v) is 3.42. The van der Waals surface area contributed by atoms with Crippen molar-refractivity contribution in [3.05, 3.63) is 52.7 Å². The Balaban J connectivity index is 2.53. The zero-order valence-electron chi connectivity index (χ0n) is 11.5. The Morgan fingerprint density at radius 3 is 2.75 bits per heavy atom. The largest absolute Gasteiger partial charge is 0.384 e. The lowest BCUT2D eigenvalue weighted by atomic mass is 10.2. The Morgan fingerprint density at radius 2 is 2.15 bits per heavy atom. The molecule has 2 aromatic rings. The summed E-state index contributed by atoms with van der Waals surface area (Å²) in [7, 11) is 0. The van der Waals surface area contributed by atoms with Gasteiger partial charge < -0.3 is 10.6 Å². The highest BCUT2D eigenvalue weighted by atomic mass is 35.5. The number of anilines is 2. The predicted molar refractivity (Wildman–Crippen MR) is 84.1 cm³/mol. The van der Waals surface area contributed by atoms with Gasteiger partial charge in [0, 0.05) is 24.0 Å². The maximum Gasteiger partial charge on any atom is 0.152 e. The number of nitrogens with two attached hydrogens (primary N) is 1. The zero-order chi connectivity index (χ0) is 14.7. The van der Waals surface area contributed by atoms with Crippen molar-refractivity contribution in [3.63, 3.8) is 0 Å². The van der Waals surface area contributed by atoms with E-state index in [0.29, 0.717) is 16.4 Å². The van der Waals surface area contributed by atoms with Crippen molar-refractivity contribution in [2.75, 3.05) is 11.4 Å². The second kappa shape index (κ2) is 5.92. The first-order chi connectivity index (χ1) is 9.54. The number of hydrogen-bond donors (Lipinski definition) is 2. The Labute approximate surface area is 123 Å². The zero-order valence-corrected chi connectivity index (χ0v) is 12.3. The molecule has 1 aromatic heterocycles. The number of aryl methyl sites for hydroxylation is 1. The number of halogens is 1. The fourth-order valence-corrected chi connectivity index (χ4v) is 2.39. The molecule has 1 heterocycles. The third kappa shape index (κ3) is 2.75. The molecule has 0 spiro atoms. The van der Waals surface area contributed by atoms with Crippen LogP contribution in [0, 0.1) is 12.3 Å². The number of amidine groups is 1. The lowest BCUT2D eigenvalue weighted by molar-refractivity contribution is 0.987. The van der Waals surface area contributed by atoms with Gasteiger partial charge in [-0.2, -0.15) is 0 Å². The molecule has 1 aromatic carbocycles. The van der Waals surface area contributed by atoms with Gasteiger partial charge in [-0.15, -0.1) is 0 Å². The minimum absolute atomic E-state index is 0.0565. The van der Waals surface area contributed by atoms with Gasteiger partial charge in [-0.25, -0.2) is 4.98 Å². The average molecular weight is 289 g/mol. The van der Waals surface area contributed by atoms with Crippen molar-refractivity contribution in [1.29, 1.82) is 5.41 Å². The van der Waals surface area contributed by atoms with E-state index in [0.717, 1.165) is 12.2 Å². The molecule has 0 unspecified atom stereocenters. The fraction of sp³-hybridized carbons (Fsp3) is 0.200. The first-order valence-electron chi connectivity index (χ1n) is 6.37. The fourth-order valence-electron chi connectivity index (χ4n) is 2.08. The predicted octanol–water partition coefficient (Wildman–Crippen LogP) is 3.49. The molecule has 4 nitrogen and oxygen atoms in total. The molecule has 5 heteroatoms. The molecule has 0 radical (unpaired) electrons. The molecule has 20 heavy (non-hydrogen) atoms. The van der Waals surface area contributed by atoms with Gasteiger partial charge in [-0.05, 0) is 37.6 Å². The molecule has 3 N–H and O–H groups in total. The summed E-state index contributed by atoms with van der Waals surface area (Å²) in [6.45, 7) is 4.79. The lowest BCUT2D eigenvalue weighted by Gasteiger charge is -2.24. The summed E-state index contributed by atoms with van der Waals surface area (Å²) >= 11 is 6.34. The van der Waals surface area contributed by atoms with Gasteiger partial charge in [0.05, 0.1) is 5.02 Å². The Kier molecular flexibility index (Phi) is 4.25. The van der Waals surface area contributed by atoms with E-state index in [9.17, 15) is 0 Å². The maximum atomic E-state index is 7.56. The van der Waals surface area contributed by atoms with E-state index in [1.54, 1.807) is 12.3 Å². The number of rotatable bonds is 4. The van der Waals surface area contributed by atoms with Crippen molar-refractivity contribution < 1.29 is 0 Å². The average Bonchev–Trinajstić information content (AvgIpc) is 2.41. The molecule has 2 rings (SSSR count). The van der Waals surface area contributed by atoms with Crippen molar-refractivity contribution in [2.24, 2.45) is 5.73 Å². The van der Waals surface area contributed by atoms with E-state index < -0.39 is 0 Å². The van der Waals surface area contributed by atoms with E-state index in [2.05, 4.69) is 11.1 Å². The molecule has 0 saturated carbocycles. The third-order valence-electron chi connectivity index (χ3n) is 3.05. The summed E-state index contributed by atoms with van der Waals surface area (Å²) in [4.78, 5) is 6.34. The minimum atomic E-state index is -0.0565. The molecule has 104 valence electrons. The summed E-state index contributed by atoms with van der Waals surface area (Å²) < 4.78 is 0. The van der Waals surface area contributed by atoms with Crippen LogP contribution in [0.5, 0.6) is 0 Å².